The fourth-order valence-electron chi connectivity index (χ4n) is 3.30. The number of carbonyl (C=O) groups excluding carboxylic acids is 1. The van der Waals surface area contributed by atoms with Crippen LogP contribution >= 0.6 is 23.2 Å². The third-order valence-electron chi connectivity index (χ3n) is 4.90. The molecule has 8 nitrogen and oxygen atoms in total. The van der Waals surface area contributed by atoms with E-state index in [0.29, 0.717) is 17.0 Å². The van der Waals surface area contributed by atoms with E-state index >= 15 is 0 Å². The predicted molar refractivity (Wildman–Crippen MR) is 127 cm³/mol. The highest BCUT2D eigenvalue weighted by atomic mass is 35.5. The zero-order valence-corrected chi connectivity index (χ0v) is 20.0. The molecule has 0 saturated carbocycles. The molecular weight excluding hydrogens is 524 g/mol. The van der Waals surface area contributed by atoms with Gasteiger partial charge in [-0.25, -0.2) is 14.8 Å². The molecule has 0 spiro atoms. The maximum atomic E-state index is 12.9. The first-order valence-corrected chi connectivity index (χ1v) is 10.8. The van der Waals surface area contributed by atoms with Crippen molar-refractivity contribution in [1.29, 1.82) is 0 Å². The Morgan fingerprint density at radius 1 is 1.14 bits per heavy atom. The molecule has 13 heteroatoms. The maximum Gasteiger partial charge on any atom is 0.493 e. The Hall–Kier alpha value is -3.83. The number of rotatable bonds is 5. The molecule has 0 saturated heterocycles. The lowest BCUT2D eigenvalue weighted by atomic mass is 10.1. The SMILES string of the molecule is COc1cc(/C=C/c2nc3cc(Cl)cc(Cl)c3c(=O)n2OC(=O)C(F)(F)F)ccc1-n1cnc(C)c1. The molecular formula is C23H15Cl2F3N4O4. The zero-order valence-electron chi connectivity index (χ0n) is 18.5. The van der Waals surface area contributed by atoms with Gasteiger partial charge in [-0.1, -0.05) is 35.3 Å². The monoisotopic (exact) mass is 538 g/mol. The van der Waals surface area contributed by atoms with E-state index in [0.717, 1.165) is 5.69 Å². The summed E-state index contributed by atoms with van der Waals surface area (Å²) < 4.78 is 45.9. The molecule has 0 N–H and O–H groups in total. The smallest absolute Gasteiger partial charge is 0.493 e. The Bertz CT molecular complexity index is 1580. The Labute approximate surface area is 211 Å². The lowest BCUT2D eigenvalue weighted by molar-refractivity contribution is -0.200. The number of ether oxygens (including phenoxy) is 1. The van der Waals surface area contributed by atoms with E-state index in [1.54, 1.807) is 35.3 Å². The summed E-state index contributed by atoms with van der Waals surface area (Å²) in [7, 11) is 1.47. The average Bonchev–Trinajstić information content (AvgIpc) is 3.24. The summed E-state index contributed by atoms with van der Waals surface area (Å²) in [5, 5.41) is -0.290. The molecule has 0 unspecified atom stereocenters. The van der Waals surface area contributed by atoms with Crippen molar-refractivity contribution in [2.45, 2.75) is 13.1 Å². The number of methoxy groups -OCH3 is 1. The number of halogens is 5. The van der Waals surface area contributed by atoms with E-state index in [1.165, 1.54) is 31.4 Å². The number of imidazole rings is 1. The summed E-state index contributed by atoms with van der Waals surface area (Å²) in [4.78, 5) is 37.1. The van der Waals surface area contributed by atoms with Gasteiger partial charge in [-0.05, 0) is 42.8 Å². The van der Waals surface area contributed by atoms with Crippen LogP contribution in [0.3, 0.4) is 0 Å². The molecule has 0 bridgehead atoms. The lowest BCUT2D eigenvalue weighted by Crippen LogP contribution is -2.39. The Kier molecular flexibility index (Phi) is 6.79. The van der Waals surface area contributed by atoms with Gasteiger partial charge in [0.15, 0.2) is 5.82 Å². The van der Waals surface area contributed by atoms with E-state index in [4.69, 9.17) is 27.9 Å². The largest absolute Gasteiger partial charge is 0.495 e. The minimum atomic E-state index is -5.35. The fourth-order valence-corrected chi connectivity index (χ4v) is 3.86. The summed E-state index contributed by atoms with van der Waals surface area (Å²) >= 11 is 12.0. The van der Waals surface area contributed by atoms with Crippen LogP contribution in [0.4, 0.5) is 13.2 Å². The van der Waals surface area contributed by atoms with Crippen LogP contribution in [0.2, 0.25) is 10.0 Å². The molecule has 0 aliphatic carbocycles. The number of alkyl halides is 3. The highest BCUT2D eigenvalue weighted by molar-refractivity contribution is 6.38. The Balaban J connectivity index is 1.81. The number of hydrogen-bond acceptors (Lipinski definition) is 6. The molecule has 0 radical (unpaired) electrons. The van der Waals surface area contributed by atoms with Gasteiger partial charge in [-0.15, -0.1) is 4.73 Å². The number of hydrogen-bond donors (Lipinski definition) is 0. The summed E-state index contributed by atoms with van der Waals surface area (Å²) in [5.74, 6) is -2.54. The molecule has 4 aromatic rings. The third-order valence-corrected chi connectivity index (χ3v) is 5.42. The highest BCUT2D eigenvalue weighted by Crippen LogP contribution is 2.27. The van der Waals surface area contributed by atoms with Crippen LogP contribution in [0, 0.1) is 6.92 Å². The maximum absolute atomic E-state index is 12.9. The lowest BCUT2D eigenvalue weighted by Gasteiger charge is -2.13. The van der Waals surface area contributed by atoms with E-state index < -0.39 is 23.5 Å². The molecule has 36 heavy (non-hydrogen) atoms. The van der Waals surface area contributed by atoms with Gasteiger partial charge >= 0.3 is 12.1 Å². The van der Waals surface area contributed by atoms with Crippen molar-refractivity contribution in [3.8, 4) is 11.4 Å². The molecule has 0 fully saturated rings. The highest BCUT2D eigenvalue weighted by Gasteiger charge is 2.42. The molecule has 4 rings (SSSR count). The van der Waals surface area contributed by atoms with Crippen LogP contribution in [-0.4, -0.2) is 38.5 Å². The van der Waals surface area contributed by atoms with Gasteiger partial charge in [-0.2, -0.15) is 13.2 Å². The van der Waals surface area contributed by atoms with Crippen LogP contribution in [0.1, 0.15) is 17.1 Å². The first kappa shape index (κ1) is 25.3. The average molecular weight is 539 g/mol. The van der Waals surface area contributed by atoms with E-state index in [1.807, 2.05) is 6.92 Å². The minimum absolute atomic E-state index is 0.000126. The zero-order chi connectivity index (χ0) is 26.2. The molecule has 186 valence electrons. The number of aryl methyl sites for hydroxylation is 1. The van der Waals surface area contributed by atoms with Gasteiger partial charge in [0.1, 0.15) is 5.75 Å². The normalized spacial score (nSPS) is 11.9. The fraction of sp³-hybridized carbons (Fsp3) is 0.130. The van der Waals surface area contributed by atoms with E-state index in [2.05, 4.69) is 14.8 Å². The van der Waals surface area contributed by atoms with Gasteiger partial charge in [0.2, 0.25) is 0 Å². The van der Waals surface area contributed by atoms with Crippen molar-refractivity contribution in [1.82, 2.24) is 19.3 Å². The quantitative estimate of drug-likeness (QED) is 0.359. The van der Waals surface area contributed by atoms with Crippen molar-refractivity contribution >= 4 is 52.2 Å². The van der Waals surface area contributed by atoms with Gasteiger partial charge in [0.05, 0.1) is 40.7 Å². The van der Waals surface area contributed by atoms with E-state index in [9.17, 15) is 22.8 Å². The Morgan fingerprint density at radius 2 is 1.89 bits per heavy atom. The Morgan fingerprint density at radius 3 is 2.53 bits per heavy atom. The van der Waals surface area contributed by atoms with Crippen molar-refractivity contribution in [3.63, 3.8) is 0 Å². The van der Waals surface area contributed by atoms with Crippen molar-refractivity contribution < 1.29 is 27.5 Å². The molecule has 2 aromatic carbocycles. The predicted octanol–water partition coefficient (Wildman–Crippen LogP) is 4.89. The van der Waals surface area contributed by atoms with E-state index in [-0.39, 0.29) is 25.7 Å². The molecule has 0 aliphatic heterocycles. The summed E-state index contributed by atoms with van der Waals surface area (Å²) in [6.45, 7) is 1.84. The van der Waals surface area contributed by atoms with Gasteiger partial charge in [0, 0.05) is 11.2 Å². The van der Waals surface area contributed by atoms with Crippen LogP contribution in [0.15, 0.2) is 47.7 Å². The second-order valence-corrected chi connectivity index (χ2v) is 8.26. The van der Waals surface area contributed by atoms with Crippen LogP contribution in [0.25, 0.3) is 28.7 Å². The minimum Gasteiger partial charge on any atom is -0.495 e. The number of benzene rings is 2. The van der Waals surface area contributed by atoms with Crippen molar-refractivity contribution in [2.75, 3.05) is 7.11 Å². The van der Waals surface area contributed by atoms with Crippen LogP contribution < -0.4 is 15.1 Å². The number of nitrogens with zero attached hydrogens (tertiary/aromatic N) is 4. The number of carbonyl (C=O) groups is 1. The standard InChI is InChI=1S/C23H15Cl2F3N4O4/c1-12-10-31(11-29-12)17-5-3-13(7-18(17)35-2)4-6-19-30-16-9-14(24)8-15(25)20(16)21(33)32(19)36-22(34)23(26,27)28/h3-11H,1-2H3/b6-4+. The van der Waals surface area contributed by atoms with Crippen LogP contribution in [-0.2, 0) is 4.79 Å². The number of fused-ring (bicyclic) bond motifs is 1. The summed E-state index contributed by atoms with van der Waals surface area (Å²) in [6, 6.07) is 7.62. The van der Waals surface area contributed by atoms with Crippen molar-refractivity contribution in [2.24, 2.45) is 0 Å². The first-order chi connectivity index (χ1) is 17.0. The molecule has 0 aliphatic rings. The molecule has 0 amide bonds. The topological polar surface area (TPSA) is 88.2 Å². The second-order valence-electron chi connectivity index (χ2n) is 7.41. The third kappa shape index (κ3) is 5.07. The van der Waals surface area contributed by atoms with Gasteiger partial charge in [-0.3, -0.25) is 4.79 Å². The summed E-state index contributed by atoms with van der Waals surface area (Å²) in [6.07, 6.45) is 0.717. The first-order valence-electron chi connectivity index (χ1n) is 10.1. The number of aromatic nitrogens is 4. The van der Waals surface area contributed by atoms with Gasteiger partial charge < -0.3 is 14.1 Å². The van der Waals surface area contributed by atoms with Crippen LogP contribution in [0.5, 0.6) is 5.75 Å². The molecule has 0 atom stereocenters. The second kappa shape index (κ2) is 9.67. The molecule has 2 heterocycles. The van der Waals surface area contributed by atoms with Gasteiger partial charge in [0.25, 0.3) is 5.56 Å². The summed E-state index contributed by atoms with van der Waals surface area (Å²) in [5.41, 5.74) is 0.913. The van der Waals surface area contributed by atoms with Crippen molar-refractivity contribution in [3.05, 3.63) is 80.3 Å². The molecule has 2 aromatic heterocycles.